The molecule has 0 aliphatic heterocycles. The molecule has 0 saturated carbocycles. The molecule has 0 bridgehead atoms. The number of hydrazine groups is 1. The highest BCUT2D eigenvalue weighted by molar-refractivity contribution is 5.64. The number of hydrogen-bond donors (Lipinski definition) is 1. The molecular weight excluding hydrogens is 210 g/mol. The van der Waals surface area contributed by atoms with Gasteiger partial charge in [0.05, 0.1) is 11.0 Å². The molecule has 0 aliphatic carbocycles. The van der Waals surface area contributed by atoms with Crippen molar-refractivity contribution in [1.82, 2.24) is 5.01 Å². The molecule has 1 N–H and O–H groups in total. The third-order valence-corrected chi connectivity index (χ3v) is 2.22. The summed E-state index contributed by atoms with van der Waals surface area (Å²) in [6.45, 7) is 2.51. The Bertz CT molecular complexity index is 393. The van der Waals surface area contributed by atoms with Gasteiger partial charge in [-0.25, -0.2) is 5.01 Å². The summed E-state index contributed by atoms with van der Waals surface area (Å²) in [7, 11) is 3.61. The third kappa shape index (κ3) is 2.40. The Balaban J connectivity index is 3.26. The van der Waals surface area contributed by atoms with Gasteiger partial charge in [0.25, 0.3) is 5.69 Å². The maximum absolute atomic E-state index is 10.9. The van der Waals surface area contributed by atoms with Gasteiger partial charge in [-0.2, -0.15) is 0 Å². The van der Waals surface area contributed by atoms with Crippen molar-refractivity contribution < 1.29 is 10.0 Å². The number of rotatable bonds is 4. The molecule has 0 atom stereocenters. The minimum absolute atomic E-state index is 0.101. The van der Waals surface area contributed by atoms with Crippen LogP contribution < -0.4 is 5.01 Å². The van der Waals surface area contributed by atoms with Gasteiger partial charge in [0.1, 0.15) is 11.4 Å². The first kappa shape index (κ1) is 12.3. The number of nitrogens with zero attached hydrogens (tertiary/aromatic N) is 3. The average molecular weight is 225 g/mol. The first-order chi connectivity index (χ1) is 7.47. The van der Waals surface area contributed by atoms with Crippen molar-refractivity contribution in [3.8, 4) is 5.75 Å². The second-order valence-corrected chi connectivity index (χ2v) is 3.49. The molecule has 1 rings (SSSR count). The fourth-order valence-electron chi connectivity index (χ4n) is 1.54. The highest BCUT2D eigenvalue weighted by atomic mass is 16.6. The standard InChI is InChI=1S/C10H15N3O3/c1-4-12(11(2)3)9-6-5-8(14)7-10(9)13(15)16/h5-7,14H,4H2,1-3H3. The summed E-state index contributed by atoms with van der Waals surface area (Å²) >= 11 is 0. The van der Waals surface area contributed by atoms with Crippen molar-refractivity contribution in [2.75, 3.05) is 25.6 Å². The molecule has 0 spiro atoms. The van der Waals surface area contributed by atoms with Crippen LogP contribution in [0.2, 0.25) is 0 Å². The van der Waals surface area contributed by atoms with E-state index < -0.39 is 4.92 Å². The van der Waals surface area contributed by atoms with Gasteiger partial charge in [0.15, 0.2) is 0 Å². The second-order valence-electron chi connectivity index (χ2n) is 3.49. The van der Waals surface area contributed by atoms with Crippen LogP contribution in [0.3, 0.4) is 0 Å². The summed E-state index contributed by atoms with van der Waals surface area (Å²) in [6.07, 6.45) is 0. The topological polar surface area (TPSA) is 69.8 Å². The lowest BCUT2D eigenvalue weighted by atomic mass is 10.2. The molecule has 0 amide bonds. The summed E-state index contributed by atoms with van der Waals surface area (Å²) in [5.41, 5.74) is 0.367. The van der Waals surface area contributed by atoms with Crippen LogP contribution in [0, 0.1) is 10.1 Å². The van der Waals surface area contributed by atoms with Gasteiger partial charge < -0.3 is 10.1 Å². The minimum atomic E-state index is -0.499. The Labute approximate surface area is 93.8 Å². The zero-order valence-corrected chi connectivity index (χ0v) is 9.54. The van der Waals surface area contributed by atoms with E-state index in [-0.39, 0.29) is 11.4 Å². The van der Waals surface area contributed by atoms with Gasteiger partial charge in [-0.3, -0.25) is 10.1 Å². The van der Waals surface area contributed by atoms with Crippen LogP contribution in [0.4, 0.5) is 11.4 Å². The Morgan fingerprint density at radius 2 is 2.06 bits per heavy atom. The third-order valence-electron chi connectivity index (χ3n) is 2.22. The number of nitro groups is 1. The molecule has 6 nitrogen and oxygen atoms in total. The molecule has 0 fully saturated rings. The first-order valence-corrected chi connectivity index (χ1v) is 4.89. The number of phenolic OH excluding ortho intramolecular Hbond substituents is 1. The normalized spacial score (nSPS) is 10.5. The highest BCUT2D eigenvalue weighted by Crippen LogP contribution is 2.31. The SMILES string of the molecule is CCN(c1ccc(O)cc1[N+](=O)[O-])N(C)C. The van der Waals surface area contributed by atoms with Crippen LogP contribution in [-0.2, 0) is 0 Å². The van der Waals surface area contributed by atoms with Crippen molar-refractivity contribution in [1.29, 1.82) is 0 Å². The minimum Gasteiger partial charge on any atom is -0.508 e. The van der Waals surface area contributed by atoms with E-state index in [1.165, 1.54) is 12.1 Å². The van der Waals surface area contributed by atoms with Crippen LogP contribution in [0.15, 0.2) is 18.2 Å². The van der Waals surface area contributed by atoms with Crippen LogP contribution in [-0.4, -0.2) is 35.7 Å². The molecule has 0 unspecified atom stereocenters. The van der Waals surface area contributed by atoms with Crippen molar-refractivity contribution in [2.24, 2.45) is 0 Å². The van der Waals surface area contributed by atoms with Gasteiger partial charge in [-0.05, 0) is 19.1 Å². The Kier molecular flexibility index (Phi) is 3.68. The van der Waals surface area contributed by atoms with E-state index in [4.69, 9.17) is 0 Å². The molecule has 0 saturated heterocycles. The molecule has 0 heterocycles. The average Bonchev–Trinajstić information content (AvgIpc) is 2.20. The van der Waals surface area contributed by atoms with Crippen molar-refractivity contribution in [2.45, 2.75) is 6.92 Å². The number of nitro benzene ring substituents is 1. The number of hydrogen-bond acceptors (Lipinski definition) is 5. The quantitative estimate of drug-likeness (QED) is 0.622. The van der Waals surface area contributed by atoms with E-state index in [2.05, 4.69) is 0 Å². The van der Waals surface area contributed by atoms with Gasteiger partial charge in [0, 0.05) is 20.6 Å². The van der Waals surface area contributed by atoms with E-state index in [1.807, 2.05) is 6.92 Å². The molecular formula is C10H15N3O3. The van der Waals surface area contributed by atoms with Gasteiger partial charge in [0.2, 0.25) is 0 Å². The lowest BCUT2D eigenvalue weighted by Crippen LogP contribution is -2.37. The number of benzene rings is 1. The van der Waals surface area contributed by atoms with Crippen LogP contribution >= 0.6 is 0 Å². The highest BCUT2D eigenvalue weighted by Gasteiger charge is 2.20. The first-order valence-electron chi connectivity index (χ1n) is 4.89. The van der Waals surface area contributed by atoms with Crippen LogP contribution in [0.5, 0.6) is 5.75 Å². The molecule has 88 valence electrons. The lowest BCUT2D eigenvalue weighted by molar-refractivity contribution is -0.384. The number of phenols is 1. The van der Waals surface area contributed by atoms with Crippen LogP contribution in [0.1, 0.15) is 6.92 Å². The predicted octanol–water partition coefficient (Wildman–Crippen LogP) is 1.60. The van der Waals surface area contributed by atoms with E-state index in [0.29, 0.717) is 12.2 Å². The monoisotopic (exact) mass is 225 g/mol. The number of aromatic hydroxyl groups is 1. The molecule has 0 aromatic heterocycles. The fraction of sp³-hybridized carbons (Fsp3) is 0.400. The summed E-state index contributed by atoms with van der Waals surface area (Å²) < 4.78 is 0. The lowest BCUT2D eigenvalue weighted by Gasteiger charge is -2.29. The molecule has 16 heavy (non-hydrogen) atoms. The number of anilines is 1. The Morgan fingerprint density at radius 3 is 2.50 bits per heavy atom. The molecule has 6 heteroatoms. The summed E-state index contributed by atoms with van der Waals surface area (Å²) in [4.78, 5) is 10.4. The van der Waals surface area contributed by atoms with E-state index in [0.717, 1.165) is 6.07 Å². The smallest absolute Gasteiger partial charge is 0.297 e. The maximum atomic E-state index is 10.9. The van der Waals surface area contributed by atoms with E-state index in [9.17, 15) is 15.2 Å². The molecule has 0 aliphatic rings. The molecule has 0 radical (unpaired) electrons. The van der Waals surface area contributed by atoms with Gasteiger partial charge in [-0.15, -0.1) is 0 Å². The Morgan fingerprint density at radius 1 is 1.44 bits per heavy atom. The van der Waals surface area contributed by atoms with Crippen molar-refractivity contribution in [3.63, 3.8) is 0 Å². The predicted molar refractivity (Wildman–Crippen MR) is 61.5 cm³/mol. The van der Waals surface area contributed by atoms with Crippen molar-refractivity contribution >= 4 is 11.4 Å². The van der Waals surface area contributed by atoms with Crippen molar-refractivity contribution in [3.05, 3.63) is 28.3 Å². The zero-order valence-electron chi connectivity index (χ0n) is 9.54. The van der Waals surface area contributed by atoms with Gasteiger partial charge >= 0.3 is 0 Å². The molecule has 1 aromatic rings. The van der Waals surface area contributed by atoms with Gasteiger partial charge in [-0.1, -0.05) is 0 Å². The fourth-order valence-corrected chi connectivity index (χ4v) is 1.54. The second kappa shape index (κ2) is 4.80. The summed E-state index contributed by atoms with van der Waals surface area (Å²) in [5.74, 6) is -0.106. The summed E-state index contributed by atoms with van der Waals surface area (Å²) in [5, 5.41) is 23.6. The largest absolute Gasteiger partial charge is 0.508 e. The summed E-state index contributed by atoms with van der Waals surface area (Å²) in [6, 6.07) is 4.13. The van der Waals surface area contributed by atoms with Crippen LogP contribution in [0.25, 0.3) is 0 Å². The Hall–Kier alpha value is -1.82. The van der Waals surface area contributed by atoms with E-state index in [1.54, 1.807) is 24.1 Å². The van der Waals surface area contributed by atoms with E-state index >= 15 is 0 Å². The molecule has 1 aromatic carbocycles. The maximum Gasteiger partial charge on any atom is 0.297 e. The zero-order chi connectivity index (χ0) is 12.3.